The van der Waals surface area contributed by atoms with Gasteiger partial charge in [-0.1, -0.05) is 65.7 Å². The van der Waals surface area contributed by atoms with Crippen LogP contribution in [0, 0.1) is 20.4 Å². The Labute approximate surface area is 201 Å². The normalized spacial score (nSPS) is 11.6. The van der Waals surface area contributed by atoms with Gasteiger partial charge in [0, 0.05) is 17.1 Å². The zero-order valence-corrected chi connectivity index (χ0v) is 19.8. The molecule has 0 aliphatic carbocycles. The molecule has 0 spiro atoms. The summed E-state index contributed by atoms with van der Waals surface area (Å²) < 4.78 is 25.8. The molecule has 0 aromatic heterocycles. The van der Waals surface area contributed by atoms with Gasteiger partial charge in [0.2, 0.25) is 9.84 Å². The monoisotopic (exact) mass is 464 g/mol. The zero-order chi connectivity index (χ0) is 24.1. The van der Waals surface area contributed by atoms with Crippen molar-refractivity contribution in [3.05, 3.63) is 136 Å². The van der Waals surface area contributed by atoms with Crippen molar-refractivity contribution >= 4 is 33.0 Å². The van der Waals surface area contributed by atoms with E-state index in [0.717, 1.165) is 17.1 Å². The van der Waals surface area contributed by atoms with Gasteiger partial charge in [-0.3, -0.25) is 0 Å². The molecule has 34 heavy (non-hydrogen) atoms. The van der Waals surface area contributed by atoms with Crippen LogP contribution in [0.25, 0.3) is 10.9 Å². The topological polar surface area (TPSA) is 41.7 Å². The van der Waals surface area contributed by atoms with Gasteiger partial charge in [0.1, 0.15) is 0 Å². The second-order valence-corrected chi connectivity index (χ2v) is 9.91. The minimum absolute atomic E-state index is 0.110. The SMILES string of the molecule is [C-]#[N+]/C(=C\c1ccc(N(c2ccc(C)cc2)c2ccc(C)cc2)cc1)S(=O)(=O)c1ccccc1. The first-order valence-electron chi connectivity index (χ1n) is 10.8. The average Bonchev–Trinajstić information content (AvgIpc) is 2.86. The van der Waals surface area contributed by atoms with Gasteiger partial charge in [0.25, 0.3) is 5.03 Å². The van der Waals surface area contributed by atoms with Gasteiger partial charge >= 0.3 is 0 Å². The molecule has 0 bridgehead atoms. The smallest absolute Gasteiger partial charge is 0.283 e. The molecule has 0 aliphatic rings. The first-order chi connectivity index (χ1) is 16.4. The van der Waals surface area contributed by atoms with Crippen LogP contribution in [0.15, 0.2) is 113 Å². The molecule has 4 nitrogen and oxygen atoms in total. The van der Waals surface area contributed by atoms with Gasteiger partial charge in [-0.15, -0.1) is 0 Å². The van der Waals surface area contributed by atoms with Crippen LogP contribution in [0.5, 0.6) is 0 Å². The lowest BCUT2D eigenvalue weighted by atomic mass is 10.1. The molecular formula is C29H24N2O2S. The molecule has 0 fully saturated rings. The summed E-state index contributed by atoms with van der Waals surface area (Å²) in [7, 11) is -3.87. The summed E-state index contributed by atoms with van der Waals surface area (Å²) >= 11 is 0. The largest absolute Gasteiger partial charge is 0.311 e. The highest BCUT2D eigenvalue weighted by atomic mass is 32.2. The third kappa shape index (κ3) is 4.93. The predicted molar refractivity (Wildman–Crippen MR) is 139 cm³/mol. The highest BCUT2D eigenvalue weighted by molar-refractivity contribution is 7.95. The van der Waals surface area contributed by atoms with Gasteiger partial charge in [0.15, 0.2) is 0 Å². The Hall–Kier alpha value is -4.14. The number of hydrogen-bond donors (Lipinski definition) is 0. The van der Waals surface area contributed by atoms with E-state index in [-0.39, 0.29) is 9.92 Å². The van der Waals surface area contributed by atoms with Crippen molar-refractivity contribution in [3.8, 4) is 0 Å². The Balaban J connectivity index is 1.72. The van der Waals surface area contributed by atoms with Crippen LogP contribution in [-0.2, 0) is 9.84 Å². The van der Waals surface area contributed by atoms with E-state index in [1.807, 2.05) is 24.3 Å². The van der Waals surface area contributed by atoms with Crippen molar-refractivity contribution in [1.82, 2.24) is 0 Å². The van der Waals surface area contributed by atoms with E-state index >= 15 is 0 Å². The third-order valence-corrected chi connectivity index (χ3v) is 7.12. The van der Waals surface area contributed by atoms with E-state index in [9.17, 15) is 8.42 Å². The number of anilines is 3. The van der Waals surface area contributed by atoms with Crippen molar-refractivity contribution in [3.63, 3.8) is 0 Å². The summed E-state index contributed by atoms with van der Waals surface area (Å²) in [6.45, 7) is 11.6. The van der Waals surface area contributed by atoms with Crippen molar-refractivity contribution < 1.29 is 8.42 Å². The minimum atomic E-state index is -3.87. The van der Waals surface area contributed by atoms with E-state index in [2.05, 4.69) is 72.1 Å². The Morgan fingerprint density at radius 2 is 1.15 bits per heavy atom. The quantitative estimate of drug-likeness (QED) is 0.278. The molecule has 5 heteroatoms. The summed E-state index contributed by atoms with van der Waals surface area (Å²) in [5.41, 5.74) is 5.97. The maximum Gasteiger partial charge on any atom is 0.283 e. The van der Waals surface area contributed by atoms with Crippen LogP contribution in [0.4, 0.5) is 17.1 Å². The van der Waals surface area contributed by atoms with Crippen LogP contribution in [0.2, 0.25) is 0 Å². The number of hydrogen-bond acceptors (Lipinski definition) is 3. The molecule has 0 N–H and O–H groups in total. The lowest BCUT2D eigenvalue weighted by Gasteiger charge is -2.26. The highest BCUT2D eigenvalue weighted by Crippen LogP contribution is 2.35. The standard InChI is InChI=1S/C29H24N2O2S/c1-22-9-15-25(16-10-22)31(26-17-11-23(2)12-18-26)27-19-13-24(14-20-27)21-29(30-3)34(32,33)28-7-5-4-6-8-28/h4-21H,1-2H3/b29-21+. The molecule has 0 saturated heterocycles. The first-order valence-corrected chi connectivity index (χ1v) is 12.3. The number of sulfone groups is 1. The fraction of sp³-hybridized carbons (Fsp3) is 0.0690. The van der Waals surface area contributed by atoms with E-state index in [1.165, 1.54) is 29.3 Å². The maximum absolute atomic E-state index is 12.9. The zero-order valence-electron chi connectivity index (χ0n) is 19.0. The number of aryl methyl sites for hydroxylation is 2. The molecule has 0 unspecified atom stereocenters. The van der Waals surface area contributed by atoms with Crippen LogP contribution >= 0.6 is 0 Å². The summed E-state index contributed by atoms with van der Waals surface area (Å²) in [5, 5.41) is -0.305. The lowest BCUT2D eigenvalue weighted by molar-refractivity contribution is 0.603. The predicted octanol–water partition coefficient (Wildman–Crippen LogP) is 7.46. The molecule has 0 radical (unpaired) electrons. The second kappa shape index (κ2) is 9.78. The Morgan fingerprint density at radius 1 is 0.706 bits per heavy atom. The first kappa shape index (κ1) is 23.0. The summed E-state index contributed by atoms with van der Waals surface area (Å²) in [6.07, 6.45) is 1.42. The van der Waals surface area contributed by atoms with E-state index in [0.29, 0.717) is 5.56 Å². The van der Waals surface area contributed by atoms with Crippen LogP contribution < -0.4 is 4.90 Å². The molecule has 4 aromatic rings. The average molecular weight is 465 g/mol. The molecule has 0 amide bonds. The Bertz CT molecular complexity index is 1400. The van der Waals surface area contributed by atoms with Gasteiger partial charge in [-0.05, 0) is 74.0 Å². The van der Waals surface area contributed by atoms with Crippen LogP contribution in [0.1, 0.15) is 16.7 Å². The minimum Gasteiger partial charge on any atom is -0.311 e. The summed E-state index contributed by atoms with van der Waals surface area (Å²) in [4.78, 5) is 5.56. The molecule has 0 heterocycles. The molecular weight excluding hydrogens is 440 g/mol. The molecule has 0 saturated carbocycles. The van der Waals surface area contributed by atoms with Crippen molar-refractivity contribution in [1.29, 1.82) is 0 Å². The van der Waals surface area contributed by atoms with E-state index < -0.39 is 9.84 Å². The van der Waals surface area contributed by atoms with E-state index in [1.54, 1.807) is 18.2 Å². The molecule has 4 rings (SSSR count). The van der Waals surface area contributed by atoms with Crippen molar-refractivity contribution in [2.75, 3.05) is 4.90 Å². The highest BCUT2D eigenvalue weighted by Gasteiger charge is 2.21. The molecule has 0 aliphatic heterocycles. The van der Waals surface area contributed by atoms with Crippen molar-refractivity contribution in [2.24, 2.45) is 0 Å². The lowest BCUT2D eigenvalue weighted by Crippen LogP contribution is -2.09. The van der Waals surface area contributed by atoms with Crippen molar-refractivity contribution in [2.45, 2.75) is 18.7 Å². The fourth-order valence-corrected chi connectivity index (χ4v) is 4.76. The second-order valence-electron chi connectivity index (χ2n) is 8.01. The number of benzene rings is 4. The molecule has 0 atom stereocenters. The van der Waals surface area contributed by atoms with Crippen LogP contribution in [-0.4, -0.2) is 8.42 Å². The summed E-state index contributed by atoms with van der Waals surface area (Å²) in [6, 6.07) is 32.2. The van der Waals surface area contributed by atoms with Crippen LogP contribution in [0.3, 0.4) is 0 Å². The van der Waals surface area contributed by atoms with Gasteiger partial charge in [-0.2, -0.15) is 0 Å². The van der Waals surface area contributed by atoms with Gasteiger partial charge < -0.3 is 4.90 Å². The van der Waals surface area contributed by atoms with Gasteiger partial charge in [-0.25, -0.2) is 13.3 Å². The fourth-order valence-electron chi connectivity index (χ4n) is 3.59. The summed E-state index contributed by atoms with van der Waals surface area (Å²) in [5.74, 6) is 0. The number of rotatable bonds is 6. The van der Waals surface area contributed by atoms with E-state index in [4.69, 9.17) is 6.57 Å². The Morgan fingerprint density at radius 3 is 1.59 bits per heavy atom. The Kier molecular flexibility index (Phi) is 6.62. The molecule has 168 valence electrons. The maximum atomic E-state index is 12.9. The van der Waals surface area contributed by atoms with Gasteiger partial charge in [0.05, 0.1) is 11.5 Å². The third-order valence-electron chi connectivity index (χ3n) is 5.46. The molecule has 4 aromatic carbocycles. The number of nitrogens with zero attached hydrogens (tertiary/aromatic N) is 2.